The molecule has 3 aromatic rings. The van der Waals surface area contributed by atoms with Gasteiger partial charge in [0.2, 0.25) is 0 Å². The Kier molecular flexibility index (Phi) is 5.92. The number of aromatic carboxylic acids is 1. The monoisotopic (exact) mass is 437 g/mol. The van der Waals surface area contributed by atoms with Crippen LogP contribution in [0.1, 0.15) is 27.4 Å². The average Bonchev–Trinajstić information content (AvgIpc) is 2.71. The van der Waals surface area contributed by atoms with Gasteiger partial charge in [0.05, 0.1) is 5.56 Å². The van der Waals surface area contributed by atoms with Crippen LogP contribution >= 0.6 is 0 Å². The third-order valence-electron chi connectivity index (χ3n) is 4.41. The maximum atomic E-state index is 13.6. The van der Waals surface area contributed by atoms with Crippen LogP contribution in [0.15, 0.2) is 54.6 Å². The van der Waals surface area contributed by atoms with Gasteiger partial charge in [0.1, 0.15) is 17.3 Å². The average molecular weight is 437 g/mol. The van der Waals surface area contributed by atoms with Gasteiger partial charge in [-0.1, -0.05) is 42.5 Å². The summed E-state index contributed by atoms with van der Waals surface area (Å²) in [6.45, 7) is 1.31. The van der Waals surface area contributed by atoms with Gasteiger partial charge < -0.3 is 10.4 Å². The van der Waals surface area contributed by atoms with Crippen molar-refractivity contribution < 1.29 is 31.9 Å². The molecule has 0 spiro atoms. The Morgan fingerprint density at radius 1 is 1.00 bits per heavy atom. The van der Waals surface area contributed by atoms with Crippen LogP contribution in [-0.4, -0.2) is 27.2 Å². The molecule has 0 aliphatic heterocycles. The second-order valence-electron chi connectivity index (χ2n) is 6.66. The third kappa shape index (κ3) is 4.79. The Bertz CT molecular complexity index is 1100. The quantitative estimate of drug-likeness (QED) is 0.504. The van der Waals surface area contributed by atoms with Crippen LogP contribution in [-0.2, 0) is 12.5 Å². The minimum atomic E-state index is -5.77. The lowest BCUT2D eigenvalue weighted by atomic mass is 9.99. The highest BCUT2D eigenvalue weighted by molar-refractivity contribution is 5.95. The molecular formula is C21H16F5N3O2. The molecule has 162 valence electrons. The fraction of sp³-hybridized carbons (Fsp3) is 0.190. The fourth-order valence-corrected chi connectivity index (χ4v) is 2.88. The summed E-state index contributed by atoms with van der Waals surface area (Å²) >= 11 is 0. The highest BCUT2D eigenvalue weighted by Gasteiger charge is 2.60. The number of carbonyl (C=O) groups is 1. The number of hydrogen-bond donors (Lipinski definition) is 2. The van der Waals surface area contributed by atoms with Gasteiger partial charge in [-0.2, -0.15) is 22.0 Å². The van der Waals surface area contributed by atoms with Crippen molar-refractivity contribution in [3.8, 4) is 11.1 Å². The van der Waals surface area contributed by atoms with E-state index in [9.17, 15) is 31.9 Å². The number of nitrogens with one attached hydrogen (secondary N) is 1. The summed E-state index contributed by atoms with van der Waals surface area (Å²) in [6.07, 6.45) is -5.77. The lowest BCUT2D eigenvalue weighted by Crippen LogP contribution is -2.35. The lowest BCUT2D eigenvalue weighted by molar-refractivity contribution is -0.291. The number of aryl methyl sites for hydroxylation is 1. The second-order valence-corrected chi connectivity index (χ2v) is 6.66. The molecule has 0 atom stereocenters. The van der Waals surface area contributed by atoms with E-state index in [0.717, 1.165) is 0 Å². The van der Waals surface area contributed by atoms with Crippen molar-refractivity contribution in [2.75, 3.05) is 5.32 Å². The zero-order valence-corrected chi connectivity index (χ0v) is 16.0. The molecule has 0 radical (unpaired) electrons. The first-order chi connectivity index (χ1) is 14.5. The van der Waals surface area contributed by atoms with Gasteiger partial charge >= 0.3 is 18.1 Å². The molecule has 31 heavy (non-hydrogen) atoms. The number of nitrogens with zero attached hydrogens (tertiary/aromatic N) is 2. The van der Waals surface area contributed by atoms with Crippen LogP contribution in [0.2, 0.25) is 0 Å². The van der Waals surface area contributed by atoms with Crippen molar-refractivity contribution >= 4 is 11.8 Å². The van der Waals surface area contributed by atoms with Gasteiger partial charge in [0, 0.05) is 12.6 Å². The zero-order chi connectivity index (χ0) is 22.8. The molecule has 5 nitrogen and oxygen atoms in total. The minimum absolute atomic E-state index is 0.0916. The van der Waals surface area contributed by atoms with Crippen LogP contribution in [0.3, 0.4) is 0 Å². The largest absolute Gasteiger partial charge is 0.478 e. The van der Waals surface area contributed by atoms with E-state index < -0.39 is 23.8 Å². The molecule has 0 bridgehead atoms. The molecule has 0 fully saturated rings. The third-order valence-corrected chi connectivity index (χ3v) is 4.41. The van der Waals surface area contributed by atoms with Gasteiger partial charge in [-0.15, -0.1) is 0 Å². The van der Waals surface area contributed by atoms with Crippen molar-refractivity contribution in [2.24, 2.45) is 0 Å². The summed E-state index contributed by atoms with van der Waals surface area (Å²) in [5.41, 5.74) is 0.572. The van der Waals surface area contributed by atoms with Crippen molar-refractivity contribution in [1.82, 2.24) is 9.97 Å². The van der Waals surface area contributed by atoms with Gasteiger partial charge in [-0.05, 0) is 29.7 Å². The summed E-state index contributed by atoms with van der Waals surface area (Å²) in [5.74, 6) is -6.57. The molecule has 0 unspecified atom stereocenters. The summed E-state index contributed by atoms with van der Waals surface area (Å²) < 4.78 is 65.1. The first-order valence-corrected chi connectivity index (χ1v) is 8.95. The van der Waals surface area contributed by atoms with Gasteiger partial charge in [-0.25, -0.2) is 14.8 Å². The Hall–Kier alpha value is -3.56. The van der Waals surface area contributed by atoms with Crippen molar-refractivity contribution in [3.63, 3.8) is 0 Å². The number of alkyl halides is 5. The summed E-state index contributed by atoms with van der Waals surface area (Å²) in [6, 6.07) is 13.8. The molecule has 3 rings (SSSR count). The van der Waals surface area contributed by atoms with Crippen molar-refractivity contribution in [3.05, 3.63) is 77.2 Å². The van der Waals surface area contributed by atoms with E-state index in [4.69, 9.17) is 0 Å². The van der Waals surface area contributed by atoms with Gasteiger partial charge in [0.15, 0.2) is 0 Å². The highest BCUT2D eigenvalue weighted by Crippen LogP contribution is 2.43. The number of carboxylic acids is 1. The Morgan fingerprint density at radius 2 is 1.65 bits per heavy atom. The predicted molar refractivity (Wildman–Crippen MR) is 103 cm³/mol. The van der Waals surface area contributed by atoms with E-state index in [1.807, 2.05) is 0 Å². The van der Waals surface area contributed by atoms with E-state index >= 15 is 0 Å². The molecule has 1 aromatic heterocycles. The summed E-state index contributed by atoms with van der Waals surface area (Å²) in [7, 11) is 0. The number of anilines is 1. The molecular weight excluding hydrogens is 421 g/mol. The predicted octanol–water partition coefficient (Wildman–Crippen LogP) is 5.42. The van der Waals surface area contributed by atoms with Crippen molar-refractivity contribution in [2.45, 2.75) is 25.6 Å². The first kappa shape index (κ1) is 22.1. The van der Waals surface area contributed by atoms with Gasteiger partial charge in [-0.3, -0.25) is 0 Å². The van der Waals surface area contributed by atoms with Crippen LogP contribution in [0.5, 0.6) is 0 Å². The van der Waals surface area contributed by atoms with E-state index in [1.165, 1.54) is 13.0 Å². The highest BCUT2D eigenvalue weighted by atomic mass is 19.4. The normalized spacial score (nSPS) is 11.9. The van der Waals surface area contributed by atoms with E-state index in [-0.39, 0.29) is 23.8 Å². The molecule has 0 amide bonds. The Balaban J connectivity index is 1.78. The van der Waals surface area contributed by atoms with Crippen molar-refractivity contribution in [1.29, 1.82) is 0 Å². The number of carboxylic acid groups (broad SMARTS) is 1. The lowest BCUT2D eigenvalue weighted by Gasteiger charge is -2.19. The standard InChI is InChI=1S/C21H16F5N3O2/c1-12-28-17(20(22,23)21(24,25)26)10-18(29-12)27-11-13-6-8-14(9-7-13)15-4-2-3-5-16(15)19(30)31/h2-10H,11H2,1H3,(H,30,31)(H,27,28,29). The molecule has 2 aromatic carbocycles. The summed E-state index contributed by atoms with van der Waals surface area (Å²) in [4.78, 5) is 18.4. The first-order valence-electron chi connectivity index (χ1n) is 8.95. The Morgan fingerprint density at radius 3 is 2.26 bits per heavy atom. The van der Waals surface area contributed by atoms with E-state index in [0.29, 0.717) is 22.8 Å². The number of halogens is 5. The van der Waals surface area contributed by atoms with E-state index in [1.54, 1.807) is 42.5 Å². The van der Waals surface area contributed by atoms with Crippen LogP contribution in [0.25, 0.3) is 11.1 Å². The number of aromatic nitrogens is 2. The van der Waals surface area contributed by atoms with Gasteiger partial charge in [0.25, 0.3) is 0 Å². The molecule has 1 heterocycles. The number of hydrogen-bond acceptors (Lipinski definition) is 4. The van der Waals surface area contributed by atoms with Crippen LogP contribution in [0.4, 0.5) is 27.8 Å². The smallest absolute Gasteiger partial charge is 0.459 e. The molecule has 0 saturated carbocycles. The zero-order valence-electron chi connectivity index (χ0n) is 16.0. The van der Waals surface area contributed by atoms with Crippen LogP contribution < -0.4 is 5.32 Å². The Labute approximate surface area is 173 Å². The summed E-state index contributed by atoms with van der Waals surface area (Å²) in [5, 5.41) is 12.0. The second kappa shape index (κ2) is 8.29. The minimum Gasteiger partial charge on any atom is -0.478 e. The molecule has 10 heteroatoms. The fourth-order valence-electron chi connectivity index (χ4n) is 2.88. The molecule has 0 aliphatic carbocycles. The number of benzene rings is 2. The maximum Gasteiger partial charge on any atom is 0.459 e. The van der Waals surface area contributed by atoms with Crippen LogP contribution in [0, 0.1) is 6.92 Å². The topological polar surface area (TPSA) is 75.1 Å². The number of rotatable bonds is 6. The molecule has 0 saturated heterocycles. The maximum absolute atomic E-state index is 13.6. The van der Waals surface area contributed by atoms with E-state index in [2.05, 4.69) is 15.3 Å². The molecule has 0 aliphatic rings. The SMILES string of the molecule is Cc1nc(NCc2ccc(-c3ccccc3C(=O)O)cc2)cc(C(F)(F)C(F)(F)F)n1. The molecule has 2 N–H and O–H groups in total.